The fraction of sp³-hybridized carbons (Fsp3) is 0.438. The normalized spacial score (nSPS) is 17.2. The van der Waals surface area contributed by atoms with Gasteiger partial charge < -0.3 is 10.1 Å². The Morgan fingerprint density at radius 1 is 1.27 bits per heavy atom. The zero-order valence-corrected chi connectivity index (χ0v) is 12.0. The third kappa shape index (κ3) is 2.86. The van der Waals surface area contributed by atoms with Crippen LogP contribution in [0, 0.1) is 11.7 Å². The van der Waals surface area contributed by atoms with Crippen molar-refractivity contribution in [1.29, 1.82) is 0 Å². The number of ketones is 1. The predicted octanol–water partition coefficient (Wildman–Crippen LogP) is 2.24. The standard InChI is InChI=1S/C16H16FNO4/c17-12-7-13-10(4-5-15(20)18-13)6-11(12)14(19)8-22-16(21)9-2-1-3-9/h6-7,9H,1-5,8H2,(H,18,20). The van der Waals surface area contributed by atoms with Gasteiger partial charge in [-0.1, -0.05) is 6.42 Å². The summed E-state index contributed by atoms with van der Waals surface area (Å²) in [6.45, 7) is -0.447. The molecule has 3 rings (SSSR count). The number of ether oxygens (including phenoxy) is 1. The fourth-order valence-electron chi connectivity index (χ4n) is 2.59. The molecule has 1 aromatic rings. The van der Waals surface area contributed by atoms with Crippen LogP contribution in [0.25, 0.3) is 0 Å². The molecule has 0 bridgehead atoms. The zero-order valence-electron chi connectivity index (χ0n) is 12.0. The fourth-order valence-corrected chi connectivity index (χ4v) is 2.59. The topological polar surface area (TPSA) is 72.5 Å². The van der Waals surface area contributed by atoms with Crippen LogP contribution in [0.15, 0.2) is 12.1 Å². The van der Waals surface area contributed by atoms with Gasteiger partial charge in [0.15, 0.2) is 6.61 Å². The van der Waals surface area contributed by atoms with Gasteiger partial charge in [0.2, 0.25) is 11.7 Å². The first-order valence-electron chi connectivity index (χ1n) is 7.36. The summed E-state index contributed by atoms with van der Waals surface area (Å²) < 4.78 is 19.0. The quantitative estimate of drug-likeness (QED) is 0.684. The second-order valence-electron chi connectivity index (χ2n) is 5.70. The van der Waals surface area contributed by atoms with Crippen molar-refractivity contribution in [3.63, 3.8) is 0 Å². The molecule has 1 saturated carbocycles. The molecule has 1 aliphatic heterocycles. The van der Waals surface area contributed by atoms with Gasteiger partial charge in [-0.2, -0.15) is 0 Å². The number of fused-ring (bicyclic) bond motifs is 1. The molecule has 0 spiro atoms. The number of rotatable bonds is 4. The molecule has 1 N–H and O–H groups in total. The smallest absolute Gasteiger partial charge is 0.309 e. The zero-order chi connectivity index (χ0) is 15.7. The Balaban J connectivity index is 1.69. The van der Waals surface area contributed by atoms with Gasteiger partial charge >= 0.3 is 5.97 Å². The second-order valence-corrected chi connectivity index (χ2v) is 5.70. The molecule has 0 atom stereocenters. The Kier molecular flexibility index (Phi) is 3.92. The minimum Gasteiger partial charge on any atom is -0.457 e. The van der Waals surface area contributed by atoms with Crippen LogP contribution in [0.3, 0.4) is 0 Å². The molecule has 1 aliphatic carbocycles. The summed E-state index contributed by atoms with van der Waals surface area (Å²) in [5.74, 6) is -1.95. The number of carbonyl (C=O) groups excluding carboxylic acids is 3. The van der Waals surface area contributed by atoms with E-state index in [9.17, 15) is 18.8 Å². The Morgan fingerprint density at radius 3 is 2.73 bits per heavy atom. The number of hydrogen-bond donors (Lipinski definition) is 1. The Morgan fingerprint density at radius 2 is 2.05 bits per heavy atom. The number of carbonyl (C=O) groups is 3. The third-order valence-corrected chi connectivity index (χ3v) is 4.17. The first-order chi connectivity index (χ1) is 10.5. The van der Waals surface area contributed by atoms with Gasteiger partial charge in [-0.15, -0.1) is 0 Å². The molecule has 1 heterocycles. The van der Waals surface area contributed by atoms with Crippen molar-refractivity contribution in [3.05, 3.63) is 29.1 Å². The van der Waals surface area contributed by atoms with E-state index in [0.29, 0.717) is 18.5 Å². The lowest BCUT2D eigenvalue weighted by Crippen LogP contribution is -2.26. The van der Waals surface area contributed by atoms with Crippen molar-refractivity contribution in [2.24, 2.45) is 5.92 Å². The average molecular weight is 305 g/mol. The highest BCUT2D eigenvalue weighted by Gasteiger charge is 2.28. The lowest BCUT2D eigenvalue weighted by molar-refractivity contribution is -0.150. The Labute approximate surface area is 126 Å². The molecule has 1 amide bonds. The first-order valence-corrected chi connectivity index (χ1v) is 7.36. The summed E-state index contributed by atoms with van der Waals surface area (Å²) in [6, 6.07) is 2.58. The van der Waals surface area contributed by atoms with Gasteiger partial charge in [-0.05, 0) is 37.0 Å². The summed E-state index contributed by atoms with van der Waals surface area (Å²) in [5.41, 5.74) is 1.02. The number of Topliss-reactive ketones (excluding diaryl/α,β-unsaturated/α-hetero) is 1. The monoisotopic (exact) mass is 305 g/mol. The molecule has 116 valence electrons. The van der Waals surface area contributed by atoms with Crippen molar-refractivity contribution in [3.8, 4) is 0 Å². The number of anilines is 1. The molecule has 0 aromatic heterocycles. The number of esters is 1. The maximum atomic E-state index is 14.0. The molecule has 22 heavy (non-hydrogen) atoms. The molecule has 5 nitrogen and oxygen atoms in total. The minimum atomic E-state index is -0.717. The summed E-state index contributed by atoms with van der Waals surface area (Å²) in [5, 5.41) is 2.57. The van der Waals surface area contributed by atoms with Crippen molar-refractivity contribution in [1.82, 2.24) is 0 Å². The highest BCUT2D eigenvalue weighted by Crippen LogP contribution is 2.28. The van der Waals surface area contributed by atoms with Crippen molar-refractivity contribution >= 4 is 23.3 Å². The molecule has 1 fully saturated rings. The summed E-state index contributed by atoms with van der Waals surface area (Å²) in [4.78, 5) is 34.9. The summed E-state index contributed by atoms with van der Waals surface area (Å²) >= 11 is 0. The van der Waals surface area contributed by atoms with E-state index in [1.807, 2.05) is 0 Å². The number of benzene rings is 1. The Hall–Kier alpha value is -2.24. The van der Waals surface area contributed by atoms with Crippen LogP contribution in [0.4, 0.5) is 10.1 Å². The van der Waals surface area contributed by atoms with E-state index >= 15 is 0 Å². The lowest BCUT2D eigenvalue weighted by atomic mass is 9.86. The van der Waals surface area contributed by atoms with Gasteiger partial charge in [0.25, 0.3) is 0 Å². The van der Waals surface area contributed by atoms with Crippen LogP contribution in [-0.4, -0.2) is 24.3 Å². The Bertz CT molecular complexity index is 652. The van der Waals surface area contributed by atoms with E-state index in [4.69, 9.17) is 4.74 Å². The van der Waals surface area contributed by atoms with Gasteiger partial charge in [0.1, 0.15) is 5.82 Å². The maximum absolute atomic E-state index is 14.0. The van der Waals surface area contributed by atoms with Crippen LogP contribution in [0.1, 0.15) is 41.6 Å². The molecule has 0 saturated heterocycles. The minimum absolute atomic E-state index is 0.101. The van der Waals surface area contributed by atoms with E-state index in [2.05, 4.69) is 5.32 Å². The second kappa shape index (κ2) is 5.87. The van der Waals surface area contributed by atoms with E-state index in [1.54, 1.807) is 0 Å². The van der Waals surface area contributed by atoms with Gasteiger partial charge in [-0.3, -0.25) is 14.4 Å². The lowest BCUT2D eigenvalue weighted by Gasteiger charge is -2.23. The molecule has 0 radical (unpaired) electrons. The molecular weight excluding hydrogens is 289 g/mol. The largest absolute Gasteiger partial charge is 0.457 e. The first kappa shape index (κ1) is 14.7. The van der Waals surface area contributed by atoms with E-state index in [-0.39, 0.29) is 23.4 Å². The van der Waals surface area contributed by atoms with E-state index in [1.165, 1.54) is 6.07 Å². The van der Waals surface area contributed by atoms with Crippen molar-refractivity contribution in [2.45, 2.75) is 32.1 Å². The van der Waals surface area contributed by atoms with Gasteiger partial charge in [0, 0.05) is 12.1 Å². The SMILES string of the molecule is O=C1CCc2cc(C(=O)COC(=O)C3CCC3)c(F)cc2N1. The van der Waals surface area contributed by atoms with Gasteiger partial charge in [0.05, 0.1) is 11.5 Å². The van der Waals surface area contributed by atoms with Crippen LogP contribution in [0.2, 0.25) is 0 Å². The molecule has 1 aromatic carbocycles. The van der Waals surface area contributed by atoms with E-state index < -0.39 is 18.2 Å². The summed E-state index contributed by atoms with van der Waals surface area (Å²) in [6.07, 6.45) is 3.35. The number of nitrogens with one attached hydrogen (secondary N) is 1. The number of aryl methyl sites for hydroxylation is 1. The highest BCUT2D eigenvalue weighted by molar-refractivity contribution is 6.00. The number of halogens is 1. The molecule has 0 unspecified atom stereocenters. The predicted molar refractivity (Wildman–Crippen MR) is 76.0 cm³/mol. The van der Waals surface area contributed by atoms with E-state index in [0.717, 1.165) is 30.9 Å². The van der Waals surface area contributed by atoms with Crippen molar-refractivity contribution in [2.75, 3.05) is 11.9 Å². The van der Waals surface area contributed by atoms with Gasteiger partial charge in [-0.25, -0.2) is 4.39 Å². The van der Waals surface area contributed by atoms with Crippen LogP contribution in [-0.2, 0) is 20.7 Å². The highest BCUT2D eigenvalue weighted by atomic mass is 19.1. The van der Waals surface area contributed by atoms with Crippen LogP contribution < -0.4 is 5.32 Å². The maximum Gasteiger partial charge on any atom is 0.309 e. The third-order valence-electron chi connectivity index (χ3n) is 4.17. The number of hydrogen-bond acceptors (Lipinski definition) is 4. The molecule has 2 aliphatic rings. The molecular formula is C16H16FNO4. The average Bonchev–Trinajstić information content (AvgIpc) is 2.42. The van der Waals surface area contributed by atoms with Crippen LogP contribution in [0.5, 0.6) is 0 Å². The molecule has 6 heteroatoms. The number of amides is 1. The van der Waals surface area contributed by atoms with Crippen LogP contribution >= 0.6 is 0 Å². The van der Waals surface area contributed by atoms with Crippen molar-refractivity contribution < 1.29 is 23.5 Å². The summed E-state index contributed by atoms with van der Waals surface area (Å²) in [7, 11) is 0.